The number of hydrogen-bond donors (Lipinski definition) is 2. The average molecular weight is 211 g/mol. The van der Waals surface area contributed by atoms with Crippen LogP contribution < -0.4 is 10.6 Å². The SMILES string of the molecule is CN1CC(NC(=O)NC2CC2)CCC1=O. The van der Waals surface area contributed by atoms with Crippen molar-refractivity contribution in [2.75, 3.05) is 13.6 Å². The fraction of sp³-hybridized carbons (Fsp3) is 0.800. The molecule has 2 aliphatic rings. The Morgan fingerprint density at radius 2 is 1.93 bits per heavy atom. The van der Waals surface area contributed by atoms with E-state index in [9.17, 15) is 9.59 Å². The van der Waals surface area contributed by atoms with Crippen molar-refractivity contribution in [3.05, 3.63) is 0 Å². The van der Waals surface area contributed by atoms with Gasteiger partial charge in [0, 0.05) is 32.1 Å². The van der Waals surface area contributed by atoms with Gasteiger partial charge in [-0.3, -0.25) is 4.79 Å². The lowest BCUT2D eigenvalue weighted by Gasteiger charge is -2.30. The molecule has 1 saturated carbocycles. The number of carbonyl (C=O) groups is 2. The van der Waals surface area contributed by atoms with Crippen LogP contribution >= 0.6 is 0 Å². The molecule has 1 unspecified atom stereocenters. The molecular formula is C10H17N3O2. The van der Waals surface area contributed by atoms with Crippen LogP contribution in [0.2, 0.25) is 0 Å². The van der Waals surface area contributed by atoms with Gasteiger partial charge >= 0.3 is 6.03 Å². The zero-order chi connectivity index (χ0) is 10.8. The van der Waals surface area contributed by atoms with Crippen molar-refractivity contribution in [2.45, 2.75) is 37.8 Å². The maximum Gasteiger partial charge on any atom is 0.315 e. The molecular weight excluding hydrogens is 194 g/mol. The van der Waals surface area contributed by atoms with Gasteiger partial charge in [-0.1, -0.05) is 0 Å². The van der Waals surface area contributed by atoms with Crippen molar-refractivity contribution in [3.8, 4) is 0 Å². The molecule has 1 saturated heterocycles. The molecule has 0 spiro atoms. The normalized spacial score (nSPS) is 26.3. The highest BCUT2D eigenvalue weighted by molar-refractivity contribution is 5.78. The maximum atomic E-state index is 11.4. The van der Waals surface area contributed by atoms with Crippen LogP contribution in [0.25, 0.3) is 0 Å². The summed E-state index contributed by atoms with van der Waals surface area (Å²) in [5.74, 6) is 0.163. The second-order valence-electron chi connectivity index (χ2n) is 4.40. The van der Waals surface area contributed by atoms with E-state index in [-0.39, 0.29) is 18.0 Å². The Balaban J connectivity index is 1.74. The number of urea groups is 1. The molecule has 1 atom stereocenters. The molecule has 5 nitrogen and oxygen atoms in total. The van der Waals surface area contributed by atoms with Crippen molar-refractivity contribution in [1.29, 1.82) is 0 Å². The molecule has 2 N–H and O–H groups in total. The van der Waals surface area contributed by atoms with Crippen LogP contribution in [0.15, 0.2) is 0 Å². The molecule has 2 fully saturated rings. The minimum atomic E-state index is -0.0924. The van der Waals surface area contributed by atoms with Crippen LogP contribution in [-0.2, 0) is 4.79 Å². The fourth-order valence-corrected chi connectivity index (χ4v) is 1.77. The number of carbonyl (C=O) groups excluding carboxylic acids is 2. The largest absolute Gasteiger partial charge is 0.344 e. The zero-order valence-corrected chi connectivity index (χ0v) is 8.95. The van der Waals surface area contributed by atoms with Crippen molar-refractivity contribution in [3.63, 3.8) is 0 Å². The van der Waals surface area contributed by atoms with E-state index in [1.165, 1.54) is 0 Å². The monoisotopic (exact) mass is 211 g/mol. The molecule has 0 aromatic rings. The molecule has 0 aromatic carbocycles. The minimum absolute atomic E-state index is 0.0924. The lowest BCUT2D eigenvalue weighted by Crippen LogP contribution is -2.51. The Morgan fingerprint density at radius 3 is 2.53 bits per heavy atom. The number of hydrogen-bond acceptors (Lipinski definition) is 2. The zero-order valence-electron chi connectivity index (χ0n) is 8.95. The summed E-state index contributed by atoms with van der Waals surface area (Å²) in [6.07, 6.45) is 3.47. The van der Waals surface area contributed by atoms with Gasteiger partial charge in [-0.25, -0.2) is 4.79 Å². The molecule has 84 valence electrons. The second kappa shape index (κ2) is 4.08. The number of piperidine rings is 1. The molecule has 0 bridgehead atoms. The van der Waals surface area contributed by atoms with Gasteiger partial charge in [-0.05, 0) is 19.3 Å². The first kappa shape index (κ1) is 10.3. The number of likely N-dealkylation sites (tertiary alicyclic amines) is 1. The van der Waals surface area contributed by atoms with Crippen LogP contribution in [0.1, 0.15) is 25.7 Å². The molecule has 0 aromatic heterocycles. The number of amides is 3. The first-order valence-corrected chi connectivity index (χ1v) is 5.46. The maximum absolute atomic E-state index is 11.4. The number of nitrogens with one attached hydrogen (secondary N) is 2. The summed E-state index contributed by atoms with van der Waals surface area (Å²) < 4.78 is 0. The molecule has 1 aliphatic carbocycles. The Hall–Kier alpha value is -1.26. The average Bonchev–Trinajstić information content (AvgIpc) is 2.95. The molecule has 5 heteroatoms. The highest BCUT2D eigenvalue weighted by atomic mass is 16.2. The summed E-state index contributed by atoms with van der Waals surface area (Å²) >= 11 is 0. The van der Waals surface area contributed by atoms with Gasteiger partial charge in [0.25, 0.3) is 0 Å². The van der Waals surface area contributed by atoms with Gasteiger partial charge in [0.1, 0.15) is 0 Å². The molecule has 15 heavy (non-hydrogen) atoms. The smallest absolute Gasteiger partial charge is 0.315 e. The van der Waals surface area contributed by atoms with Crippen LogP contribution in [-0.4, -0.2) is 42.5 Å². The van der Waals surface area contributed by atoms with E-state index in [0.29, 0.717) is 19.0 Å². The van der Waals surface area contributed by atoms with Gasteiger partial charge in [0.15, 0.2) is 0 Å². The summed E-state index contributed by atoms with van der Waals surface area (Å²) in [6.45, 7) is 0.622. The highest BCUT2D eigenvalue weighted by Gasteiger charge is 2.27. The fourth-order valence-electron chi connectivity index (χ4n) is 1.77. The lowest BCUT2D eigenvalue weighted by atomic mass is 10.1. The molecule has 2 rings (SSSR count). The van der Waals surface area contributed by atoms with Gasteiger partial charge in [0.05, 0.1) is 0 Å². The number of nitrogens with zero attached hydrogens (tertiary/aromatic N) is 1. The third-order valence-corrected chi connectivity index (χ3v) is 2.87. The third-order valence-electron chi connectivity index (χ3n) is 2.87. The van der Waals surface area contributed by atoms with Crippen molar-refractivity contribution < 1.29 is 9.59 Å². The number of rotatable bonds is 2. The van der Waals surface area contributed by atoms with Crippen LogP contribution in [0.3, 0.4) is 0 Å². The van der Waals surface area contributed by atoms with E-state index < -0.39 is 0 Å². The van der Waals surface area contributed by atoms with Crippen molar-refractivity contribution >= 4 is 11.9 Å². The Labute approximate surface area is 89.2 Å². The summed E-state index contributed by atoms with van der Waals surface area (Å²) in [4.78, 5) is 24.3. The highest BCUT2D eigenvalue weighted by Crippen LogP contribution is 2.18. The Kier molecular flexibility index (Phi) is 2.79. The van der Waals surface area contributed by atoms with E-state index in [0.717, 1.165) is 19.3 Å². The van der Waals surface area contributed by atoms with E-state index in [2.05, 4.69) is 10.6 Å². The number of likely N-dealkylation sites (N-methyl/N-ethyl adjacent to an activating group) is 1. The van der Waals surface area contributed by atoms with E-state index >= 15 is 0 Å². The minimum Gasteiger partial charge on any atom is -0.344 e. The second-order valence-corrected chi connectivity index (χ2v) is 4.40. The van der Waals surface area contributed by atoms with Crippen LogP contribution in [0.5, 0.6) is 0 Å². The molecule has 1 heterocycles. The lowest BCUT2D eigenvalue weighted by molar-refractivity contribution is -0.132. The molecule has 0 radical (unpaired) electrons. The van der Waals surface area contributed by atoms with Gasteiger partial charge < -0.3 is 15.5 Å². The van der Waals surface area contributed by atoms with Crippen molar-refractivity contribution in [1.82, 2.24) is 15.5 Å². The predicted molar refractivity (Wildman–Crippen MR) is 55.3 cm³/mol. The standard InChI is InChI=1S/C10H17N3O2/c1-13-6-8(4-5-9(13)14)12-10(15)11-7-2-3-7/h7-8H,2-6H2,1H3,(H2,11,12,15). The third kappa shape index (κ3) is 2.84. The van der Waals surface area contributed by atoms with Gasteiger partial charge in [-0.15, -0.1) is 0 Å². The molecule has 3 amide bonds. The van der Waals surface area contributed by atoms with E-state index in [1.807, 2.05) is 0 Å². The Morgan fingerprint density at radius 1 is 1.27 bits per heavy atom. The van der Waals surface area contributed by atoms with E-state index in [4.69, 9.17) is 0 Å². The van der Waals surface area contributed by atoms with E-state index in [1.54, 1.807) is 11.9 Å². The quantitative estimate of drug-likeness (QED) is 0.679. The predicted octanol–water partition coefficient (Wildman–Crippen LogP) is 0.0688. The van der Waals surface area contributed by atoms with Crippen LogP contribution in [0.4, 0.5) is 4.79 Å². The topological polar surface area (TPSA) is 61.4 Å². The Bertz CT molecular complexity index is 276. The van der Waals surface area contributed by atoms with Gasteiger partial charge in [0.2, 0.25) is 5.91 Å². The summed E-state index contributed by atoms with van der Waals surface area (Å²) in [7, 11) is 1.77. The summed E-state index contributed by atoms with van der Waals surface area (Å²) in [6, 6.07) is 0.393. The summed E-state index contributed by atoms with van der Waals surface area (Å²) in [5, 5.41) is 5.77. The van der Waals surface area contributed by atoms with Crippen LogP contribution in [0, 0.1) is 0 Å². The first-order chi connectivity index (χ1) is 7.15. The first-order valence-electron chi connectivity index (χ1n) is 5.46. The molecule has 1 aliphatic heterocycles. The summed E-state index contributed by atoms with van der Waals surface area (Å²) in [5.41, 5.74) is 0. The van der Waals surface area contributed by atoms with Gasteiger partial charge in [-0.2, -0.15) is 0 Å². The van der Waals surface area contributed by atoms with Crippen molar-refractivity contribution in [2.24, 2.45) is 0 Å².